The van der Waals surface area contributed by atoms with Gasteiger partial charge in [0.15, 0.2) is 0 Å². The molecule has 19 heavy (non-hydrogen) atoms. The van der Waals surface area contributed by atoms with Crippen LogP contribution in [-0.4, -0.2) is 45.0 Å². The molecule has 0 aliphatic rings. The molecule has 1 aromatic rings. The molecule has 0 spiro atoms. The Morgan fingerprint density at radius 1 is 1.47 bits per heavy atom. The minimum absolute atomic E-state index is 0.154. The van der Waals surface area contributed by atoms with Gasteiger partial charge in [0.25, 0.3) is 5.69 Å². The summed E-state index contributed by atoms with van der Waals surface area (Å²) in [5.41, 5.74) is 5.16. The van der Waals surface area contributed by atoms with Crippen LogP contribution in [0.15, 0.2) is 23.1 Å². The maximum absolute atomic E-state index is 12.2. The number of hydrogen-bond donors (Lipinski definition) is 1. The van der Waals surface area contributed by atoms with E-state index >= 15 is 0 Å². The molecule has 0 unspecified atom stereocenters. The summed E-state index contributed by atoms with van der Waals surface area (Å²) in [5.74, 6) is 0. The zero-order valence-corrected chi connectivity index (χ0v) is 11.4. The number of nitrogens with zero attached hydrogens (tertiary/aromatic N) is 2. The number of likely N-dealkylation sites (N-methyl/N-ethyl adjacent to an activating group) is 1. The molecular weight excluding hydrogens is 274 g/mol. The van der Waals surface area contributed by atoms with E-state index in [1.165, 1.54) is 14.2 Å². The predicted octanol–water partition coefficient (Wildman–Crippen LogP) is 0.444. The fourth-order valence-electron chi connectivity index (χ4n) is 1.39. The van der Waals surface area contributed by atoms with Gasteiger partial charge in [-0.1, -0.05) is 0 Å². The summed E-state index contributed by atoms with van der Waals surface area (Å²) >= 11 is 0. The molecule has 8 nitrogen and oxygen atoms in total. The minimum Gasteiger partial charge on any atom is -0.397 e. The molecule has 0 aliphatic carbocycles. The second-order valence-electron chi connectivity index (χ2n) is 3.80. The molecule has 0 atom stereocenters. The molecule has 0 heterocycles. The van der Waals surface area contributed by atoms with Crippen LogP contribution in [0.3, 0.4) is 0 Å². The van der Waals surface area contributed by atoms with Gasteiger partial charge in [-0.15, -0.1) is 0 Å². The smallest absolute Gasteiger partial charge is 0.271 e. The second kappa shape index (κ2) is 5.95. The average Bonchev–Trinajstić information content (AvgIpc) is 2.35. The molecule has 2 N–H and O–H groups in total. The lowest BCUT2D eigenvalue weighted by molar-refractivity contribution is -0.384. The van der Waals surface area contributed by atoms with E-state index in [2.05, 4.69) is 0 Å². The molecule has 106 valence electrons. The zero-order chi connectivity index (χ0) is 14.6. The number of non-ortho nitro benzene ring substituents is 1. The molecule has 9 heteroatoms. The van der Waals surface area contributed by atoms with Crippen molar-refractivity contribution >= 4 is 21.4 Å². The van der Waals surface area contributed by atoms with Gasteiger partial charge < -0.3 is 10.5 Å². The van der Waals surface area contributed by atoms with Crippen molar-refractivity contribution in [3.63, 3.8) is 0 Å². The molecule has 0 saturated carbocycles. The number of benzene rings is 1. The molecule has 0 aromatic heterocycles. The van der Waals surface area contributed by atoms with E-state index in [9.17, 15) is 18.5 Å². The van der Waals surface area contributed by atoms with Crippen molar-refractivity contribution in [3.8, 4) is 0 Å². The Hall–Kier alpha value is -1.71. The molecule has 0 amide bonds. The molecule has 1 aromatic carbocycles. The third kappa shape index (κ3) is 3.40. The van der Waals surface area contributed by atoms with Crippen molar-refractivity contribution in [2.45, 2.75) is 4.90 Å². The predicted molar refractivity (Wildman–Crippen MR) is 69.2 cm³/mol. The van der Waals surface area contributed by atoms with E-state index in [0.29, 0.717) is 0 Å². The highest BCUT2D eigenvalue weighted by Gasteiger charge is 2.24. The van der Waals surface area contributed by atoms with Crippen LogP contribution in [0.2, 0.25) is 0 Å². The quantitative estimate of drug-likeness (QED) is 0.461. The third-order valence-corrected chi connectivity index (χ3v) is 4.43. The molecule has 0 fully saturated rings. The Morgan fingerprint density at radius 3 is 2.58 bits per heavy atom. The van der Waals surface area contributed by atoms with Gasteiger partial charge in [-0.2, -0.15) is 4.31 Å². The molecular formula is C10H15N3O5S. The summed E-state index contributed by atoms with van der Waals surface area (Å²) in [4.78, 5) is 9.77. The minimum atomic E-state index is -3.78. The first-order valence-corrected chi connectivity index (χ1v) is 6.74. The third-order valence-electron chi connectivity index (χ3n) is 2.50. The summed E-state index contributed by atoms with van der Waals surface area (Å²) in [5, 5.41) is 10.6. The Balaban J connectivity index is 3.12. The number of anilines is 1. The lowest BCUT2D eigenvalue weighted by Crippen LogP contribution is -2.30. The van der Waals surface area contributed by atoms with Crippen LogP contribution < -0.4 is 5.73 Å². The highest BCUT2D eigenvalue weighted by Crippen LogP contribution is 2.25. The van der Waals surface area contributed by atoms with Crippen LogP contribution in [0, 0.1) is 10.1 Å². The highest BCUT2D eigenvalue weighted by molar-refractivity contribution is 7.89. The standard InChI is InChI=1S/C10H15N3O5S/c1-12(5-6-18-2)19(16,17)10-4-3-8(13(14)15)7-9(10)11/h3-4,7H,5-6,11H2,1-2H3. The van der Waals surface area contributed by atoms with Gasteiger partial charge in [0.1, 0.15) is 4.90 Å². The first-order chi connectivity index (χ1) is 8.80. The molecule has 1 rings (SSSR count). The van der Waals surface area contributed by atoms with Gasteiger partial charge in [-0.3, -0.25) is 10.1 Å². The van der Waals surface area contributed by atoms with Crippen molar-refractivity contribution in [2.75, 3.05) is 33.0 Å². The van der Waals surface area contributed by atoms with E-state index in [4.69, 9.17) is 10.5 Å². The van der Waals surface area contributed by atoms with Gasteiger partial charge in [-0.05, 0) is 6.07 Å². The summed E-state index contributed by atoms with van der Waals surface area (Å²) in [6, 6.07) is 3.26. The number of nitro groups is 1. The van der Waals surface area contributed by atoms with Gasteiger partial charge >= 0.3 is 0 Å². The number of hydrogen-bond acceptors (Lipinski definition) is 6. The molecule has 0 radical (unpaired) electrons. The summed E-state index contributed by atoms with van der Waals surface area (Å²) in [6.45, 7) is 0.401. The van der Waals surface area contributed by atoms with Gasteiger partial charge in [-0.25, -0.2) is 8.42 Å². The van der Waals surface area contributed by atoms with Gasteiger partial charge in [0, 0.05) is 32.8 Å². The van der Waals surface area contributed by atoms with E-state index < -0.39 is 14.9 Å². The maximum Gasteiger partial charge on any atom is 0.271 e. The van der Waals surface area contributed by atoms with Crippen molar-refractivity contribution in [1.82, 2.24) is 4.31 Å². The Labute approximate surface area is 111 Å². The highest BCUT2D eigenvalue weighted by atomic mass is 32.2. The largest absolute Gasteiger partial charge is 0.397 e. The first kappa shape index (κ1) is 15.3. The zero-order valence-electron chi connectivity index (χ0n) is 10.6. The Bertz CT molecular complexity index is 573. The summed E-state index contributed by atoms with van der Waals surface area (Å²) in [7, 11) is -0.935. The number of nitrogen functional groups attached to an aromatic ring is 1. The first-order valence-electron chi connectivity index (χ1n) is 5.30. The number of sulfonamides is 1. The van der Waals surface area contributed by atoms with Crippen LogP contribution >= 0.6 is 0 Å². The second-order valence-corrected chi connectivity index (χ2v) is 5.81. The van der Waals surface area contributed by atoms with Crippen molar-refractivity contribution in [1.29, 1.82) is 0 Å². The molecule has 0 aliphatic heterocycles. The van der Waals surface area contributed by atoms with Crippen LogP contribution in [-0.2, 0) is 14.8 Å². The Kier molecular flexibility index (Phi) is 4.81. The fraction of sp³-hybridized carbons (Fsp3) is 0.400. The van der Waals surface area contributed by atoms with Crippen molar-refractivity contribution in [3.05, 3.63) is 28.3 Å². The molecule has 0 saturated heterocycles. The van der Waals surface area contributed by atoms with Crippen molar-refractivity contribution < 1.29 is 18.1 Å². The van der Waals surface area contributed by atoms with Gasteiger partial charge in [0.2, 0.25) is 10.0 Å². The number of nitrogens with two attached hydrogens (primary N) is 1. The van der Waals surface area contributed by atoms with Gasteiger partial charge in [0.05, 0.1) is 17.2 Å². The monoisotopic (exact) mass is 289 g/mol. The summed E-state index contributed by atoms with van der Waals surface area (Å²) < 4.78 is 30.2. The van der Waals surface area contributed by atoms with Crippen LogP contribution in [0.4, 0.5) is 11.4 Å². The fourth-order valence-corrected chi connectivity index (χ4v) is 2.64. The van der Waals surface area contributed by atoms with E-state index in [1.54, 1.807) is 0 Å². The topological polar surface area (TPSA) is 116 Å². The van der Waals surface area contributed by atoms with Crippen LogP contribution in [0.5, 0.6) is 0 Å². The van der Waals surface area contributed by atoms with Crippen molar-refractivity contribution in [2.24, 2.45) is 0 Å². The van der Waals surface area contributed by atoms with Crippen LogP contribution in [0.1, 0.15) is 0 Å². The maximum atomic E-state index is 12.2. The lowest BCUT2D eigenvalue weighted by Gasteiger charge is -2.17. The molecule has 0 bridgehead atoms. The number of methoxy groups -OCH3 is 1. The van der Waals surface area contributed by atoms with E-state index in [1.807, 2.05) is 0 Å². The number of rotatable bonds is 6. The SMILES string of the molecule is COCCN(C)S(=O)(=O)c1ccc([N+](=O)[O-])cc1N. The normalized spacial score (nSPS) is 11.7. The lowest BCUT2D eigenvalue weighted by atomic mass is 10.3. The van der Waals surface area contributed by atoms with E-state index in [0.717, 1.165) is 22.5 Å². The van der Waals surface area contributed by atoms with Crippen LogP contribution in [0.25, 0.3) is 0 Å². The Morgan fingerprint density at radius 2 is 2.11 bits per heavy atom. The number of ether oxygens (including phenoxy) is 1. The average molecular weight is 289 g/mol. The summed E-state index contributed by atoms with van der Waals surface area (Å²) in [6.07, 6.45) is 0. The van der Waals surface area contributed by atoms with E-state index in [-0.39, 0.29) is 29.4 Å². The number of nitro benzene ring substituents is 1.